The van der Waals surface area contributed by atoms with E-state index in [2.05, 4.69) is 20.3 Å². The number of rotatable bonds is 4. The third kappa shape index (κ3) is 2.73. The van der Waals surface area contributed by atoms with Crippen LogP contribution >= 0.6 is 23.1 Å². The highest BCUT2D eigenvalue weighted by molar-refractivity contribution is 7.98. The van der Waals surface area contributed by atoms with Gasteiger partial charge in [0.2, 0.25) is 0 Å². The largest absolute Gasteiger partial charge is 0.304 e. The summed E-state index contributed by atoms with van der Waals surface area (Å²) in [6, 6.07) is 7.44. The van der Waals surface area contributed by atoms with E-state index in [0.717, 1.165) is 15.9 Å². The maximum atomic E-state index is 12.1. The number of H-pyrrole nitrogens is 1. The standard InChI is InChI=1S/C15H11N7OS2/c1-21-14(11-3-2-4-24-11)19-20-15(21)25-8-10-5-12(23)22-13(18-10)9(6-16)7-17-22/h2-5,7,17H,8H2,1H3. The van der Waals surface area contributed by atoms with Crippen molar-refractivity contribution in [2.75, 3.05) is 0 Å². The molecule has 0 aliphatic carbocycles. The molecule has 0 aromatic carbocycles. The normalized spacial score (nSPS) is 11.0. The summed E-state index contributed by atoms with van der Waals surface area (Å²) >= 11 is 3.05. The Balaban J connectivity index is 1.61. The van der Waals surface area contributed by atoms with Crippen LogP contribution < -0.4 is 5.56 Å². The number of fused-ring (bicyclic) bond motifs is 1. The third-order valence-electron chi connectivity index (χ3n) is 3.60. The van der Waals surface area contributed by atoms with E-state index in [9.17, 15) is 4.79 Å². The highest BCUT2D eigenvalue weighted by Crippen LogP contribution is 2.27. The summed E-state index contributed by atoms with van der Waals surface area (Å²) in [6.07, 6.45) is 1.47. The summed E-state index contributed by atoms with van der Waals surface area (Å²) in [4.78, 5) is 17.6. The molecule has 4 aromatic rings. The van der Waals surface area contributed by atoms with Crippen LogP contribution in [0.1, 0.15) is 11.3 Å². The van der Waals surface area contributed by atoms with Gasteiger partial charge in [-0.25, -0.2) is 9.50 Å². The Bertz CT molecular complexity index is 1150. The predicted octanol–water partition coefficient (Wildman–Crippen LogP) is 2.04. The lowest BCUT2D eigenvalue weighted by molar-refractivity contribution is 0.794. The van der Waals surface area contributed by atoms with E-state index < -0.39 is 0 Å². The molecule has 0 spiro atoms. The number of nitrogens with one attached hydrogen (secondary N) is 1. The van der Waals surface area contributed by atoms with E-state index in [4.69, 9.17) is 5.26 Å². The fourth-order valence-corrected chi connectivity index (χ4v) is 3.93. The molecular weight excluding hydrogens is 358 g/mol. The van der Waals surface area contributed by atoms with Crippen LogP contribution in [0.5, 0.6) is 0 Å². The zero-order valence-electron chi connectivity index (χ0n) is 13.0. The van der Waals surface area contributed by atoms with Crippen LogP contribution in [0.3, 0.4) is 0 Å². The van der Waals surface area contributed by atoms with E-state index in [1.54, 1.807) is 11.3 Å². The van der Waals surface area contributed by atoms with Gasteiger partial charge in [0.25, 0.3) is 5.56 Å². The number of hydrogen-bond acceptors (Lipinski definition) is 7. The van der Waals surface area contributed by atoms with Crippen LogP contribution in [0.15, 0.2) is 39.7 Å². The Hall–Kier alpha value is -2.90. The molecule has 1 N–H and O–H groups in total. The summed E-state index contributed by atoms with van der Waals surface area (Å²) < 4.78 is 3.17. The summed E-state index contributed by atoms with van der Waals surface area (Å²) in [5.41, 5.74) is 1.01. The molecule has 4 heterocycles. The van der Waals surface area contributed by atoms with E-state index in [1.807, 2.05) is 35.2 Å². The van der Waals surface area contributed by atoms with Gasteiger partial charge in [0.15, 0.2) is 16.6 Å². The van der Waals surface area contributed by atoms with Gasteiger partial charge in [-0.2, -0.15) is 5.26 Å². The molecule has 124 valence electrons. The molecule has 0 atom stereocenters. The van der Waals surface area contributed by atoms with Crippen molar-refractivity contribution in [2.45, 2.75) is 10.9 Å². The Labute approximate surface area is 149 Å². The van der Waals surface area contributed by atoms with Crippen molar-refractivity contribution in [1.29, 1.82) is 5.26 Å². The first-order valence-corrected chi connectivity index (χ1v) is 9.10. The van der Waals surface area contributed by atoms with Crippen molar-refractivity contribution in [3.05, 3.63) is 51.4 Å². The number of thioether (sulfide) groups is 1. The zero-order valence-corrected chi connectivity index (χ0v) is 14.6. The van der Waals surface area contributed by atoms with Gasteiger partial charge in [-0.15, -0.1) is 21.5 Å². The lowest BCUT2D eigenvalue weighted by Crippen LogP contribution is -2.15. The maximum absolute atomic E-state index is 12.1. The molecule has 0 aliphatic rings. The minimum Gasteiger partial charge on any atom is -0.304 e. The highest BCUT2D eigenvalue weighted by atomic mass is 32.2. The van der Waals surface area contributed by atoms with Crippen LogP contribution in [-0.2, 0) is 12.8 Å². The van der Waals surface area contributed by atoms with Crippen LogP contribution in [0.25, 0.3) is 16.3 Å². The Kier molecular flexibility index (Phi) is 3.87. The van der Waals surface area contributed by atoms with Crippen LogP contribution in [0, 0.1) is 11.3 Å². The number of aromatic amines is 1. The Morgan fingerprint density at radius 3 is 3.08 bits per heavy atom. The van der Waals surface area contributed by atoms with Gasteiger partial charge in [-0.05, 0) is 11.4 Å². The SMILES string of the molecule is Cn1c(SCc2cc(=O)n3[nH]cc(C#N)c3n2)nnc1-c1cccs1. The molecular formula is C15H11N7OS2. The topological polar surface area (TPSA) is 105 Å². The first kappa shape index (κ1) is 15.6. The molecule has 0 bridgehead atoms. The second kappa shape index (κ2) is 6.19. The van der Waals surface area contributed by atoms with Crippen molar-refractivity contribution in [3.63, 3.8) is 0 Å². The molecule has 4 aromatic heterocycles. The van der Waals surface area contributed by atoms with Crippen molar-refractivity contribution >= 4 is 28.7 Å². The molecule has 10 heteroatoms. The fourth-order valence-electron chi connectivity index (χ4n) is 2.38. The monoisotopic (exact) mass is 369 g/mol. The summed E-state index contributed by atoms with van der Waals surface area (Å²) in [5.74, 6) is 1.26. The minimum atomic E-state index is -0.251. The molecule has 0 fully saturated rings. The molecule has 0 unspecified atom stereocenters. The van der Waals surface area contributed by atoms with E-state index in [0.29, 0.717) is 22.7 Å². The molecule has 8 nitrogen and oxygen atoms in total. The maximum Gasteiger partial charge on any atom is 0.272 e. The second-order valence-electron chi connectivity index (χ2n) is 5.17. The van der Waals surface area contributed by atoms with Crippen molar-refractivity contribution in [1.82, 2.24) is 29.4 Å². The molecule has 4 rings (SSSR count). The Morgan fingerprint density at radius 2 is 2.32 bits per heavy atom. The number of hydrogen-bond donors (Lipinski definition) is 1. The lowest BCUT2D eigenvalue weighted by atomic mass is 10.3. The van der Waals surface area contributed by atoms with E-state index >= 15 is 0 Å². The van der Waals surface area contributed by atoms with Gasteiger partial charge in [0.1, 0.15) is 11.6 Å². The first-order valence-electron chi connectivity index (χ1n) is 7.23. The summed E-state index contributed by atoms with van der Waals surface area (Å²) in [7, 11) is 1.91. The molecule has 0 saturated carbocycles. The van der Waals surface area contributed by atoms with E-state index in [1.165, 1.54) is 28.5 Å². The average Bonchev–Trinajstić information content (AvgIpc) is 3.32. The Morgan fingerprint density at radius 1 is 1.44 bits per heavy atom. The molecule has 0 saturated heterocycles. The fraction of sp³-hybridized carbons (Fsp3) is 0.133. The van der Waals surface area contributed by atoms with Gasteiger partial charge in [0.05, 0.1) is 10.6 Å². The number of nitrogens with zero attached hydrogens (tertiary/aromatic N) is 6. The lowest BCUT2D eigenvalue weighted by Gasteiger charge is -2.03. The number of nitriles is 1. The molecule has 0 aliphatic heterocycles. The van der Waals surface area contributed by atoms with Crippen molar-refractivity contribution in [3.8, 4) is 16.8 Å². The van der Waals surface area contributed by atoms with Crippen LogP contribution in [0.4, 0.5) is 0 Å². The predicted molar refractivity (Wildman–Crippen MR) is 94.4 cm³/mol. The van der Waals surface area contributed by atoms with Gasteiger partial charge in [-0.3, -0.25) is 9.89 Å². The first-order chi connectivity index (χ1) is 12.2. The zero-order chi connectivity index (χ0) is 17.4. The van der Waals surface area contributed by atoms with E-state index in [-0.39, 0.29) is 5.56 Å². The van der Waals surface area contributed by atoms with Crippen LogP contribution in [-0.4, -0.2) is 29.4 Å². The van der Waals surface area contributed by atoms with Gasteiger partial charge in [-0.1, -0.05) is 17.8 Å². The van der Waals surface area contributed by atoms with Crippen LogP contribution in [0.2, 0.25) is 0 Å². The number of thiophene rings is 1. The average molecular weight is 369 g/mol. The summed E-state index contributed by atoms with van der Waals surface area (Å²) in [6.45, 7) is 0. The molecule has 0 amide bonds. The quantitative estimate of drug-likeness (QED) is 0.552. The van der Waals surface area contributed by atoms with Crippen molar-refractivity contribution < 1.29 is 0 Å². The number of aromatic nitrogens is 6. The smallest absolute Gasteiger partial charge is 0.272 e. The third-order valence-corrected chi connectivity index (χ3v) is 5.52. The van der Waals surface area contributed by atoms with Gasteiger partial charge in [0, 0.05) is 25.1 Å². The summed E-state index contributed by atoms with van der Waals surface area (Å²) in [5, 5.41) is 23.0. The van der Waals surface area contributed by atoms with Gasteiger partial charge < -0.3 is 4.57 Å². The van der Waals surface area contributed by atoms with Crippen molar-refractivity contribution in [2.24, 2.45) is 7.05 Å². The van der Waals surface area contributed by atoms with Gasteiger partial charge >= 0.3 is 0 Å². The highest BCUT2D eigenvalue weighted by Gasteiger charge is 2.14. The minimum absolute atomic E-state index is 0.251. The molecule has 0 radical (unpaired) electrons. The second-order valence-corrected chi connectivity index (χ2v) is 7.07. The molecule has 25 heavy (non-hydrogen) atoms.